The van der Waals surface area contributed by atoms with Crippen LogP contribution in [0.2, 0.25) is 0 Å². The summed E-state index contributed by atoms with van der Waals surface area (Å²) < 4.78 is 1.40. The largest absolute Gasteiger partial charge is 0.0613 e. The third-order valence-electron chi connectivity index (χ3n) is 2.58. The van der Waals surface area contributed by atoms with Crippen molar-refractivity contribution in [1.29, 1.82) is 0 Å². The van der Waals surface area contributed by atoms with Crippen molar-refractivity contribution in [3.8, 4) is 0 Å². The first-order valence-corrected chi connectivity index (χ1v) is 6.23. The summed E-state index contributed by atoms with van der Waals surface area (Å²) in [5.74, 6) is 0. The number of rotatable bonds is 1. The minimum atomic E-state index is 0.260. The van der Waals surface area contributed by atoms with Crippen LogP contribution >= 0.6 is 22.6 Å². The highest BCUT2D eigenvalue weighted by molar-refractivity contribution is 14.1. The summed E-state index contributed by atoms with van der Waals surface area (Å²) in [7, 11) is 0. The zero-order valence-corrected chi connectivity index (χ0v) is 11.9. The molecule has 0 atom stereocenters. The molecule has 0 heterocycles. The molecule has 0 spiro atoms. The van der Waals surface area contributed by atoms with Crippen molar-refractivity contribution >= 4 is 22.6 Å². The number of hydrogen-bond acceptors (Lipinski definition) is 0. The van der Waals surface area contributed by atoms with Crippen LogP contribution in [0.4, 0.5) is 0 Å². The van der Waals surface area contributed by atoms with Gasteiger partial charge in [0.25, 0.3) is 0 Å². The van der Waals surface area contributed by atoms with E-state index in [-0.39, 0.29) is 5.41 Å². The molecule has 0 radical (unpaired) electrons. The van der Waals surface area contributed by atoms with Gasteiger partial charge in [0.2, 0.25) is 0 Å². The molecule has 0 bridgehead atoms. The highest BCUT2D eigenvalue weighted by Crippen LogP contribution is 2.29. The lowest BCUT2D eigenvalue weighted by atomic mass is 9.83. The van der Waals surface area contributed by atoms with E-state index in [2.05, 4.69) is 69.3 Å². The fourth-order valence-electron chi connectivity index (χ4n) is 1.82. The minimum Gasteiger partial charge on any atom is -0.0613 e. The maximum absolute atomic E-state index is 2.44. The van der Waals surface area contributed by atoms with Crippen LogP contribution in [0.15, 0.2) is 12.1 Å². The van der Waals surface area contributed by atoms with Crippen molar-refractivity contribution in [2.45, 2.75) is 46.5 Å². The standard InChI is InChI=1S/C13H19I/c1-6-10-7-9(2)11(8-12(10)14)13(3,4)5/h7-8H,6H2,1-5H3. The summed E-state index contributed by atoms with van der Waals surface area (Å²) in [6.07, 6.45) is 1.13. The lowest BCUT2D eigenvalue weighted by Gasteiger charge is -2.23. The second-order valence-electron chi connectivity index (χ2n) is 4.86. The Balaban J connectivity index is 3.29. The molecule has 0 nitrogen and oxygen atoms in total. The second-order valence-corrected chi connectivity index (χ2v) is 6.02. The van der Waals surface area contributed by atoms with Gasteiger partial charge in [0.05, 0.1) is 0 Å². The third-order valence-corrected chi connectivity index (χ3v) is 3.59. The van der Waals surface area contributed by atoms with Crippen molar-refractivity contribution in [3.63, 3.8) is 0 Å². The van der Waals surface area contributed by atoms with Gasteiger partial charge in [-0.25, -0.2) is 0 Å². The molecule has 0 N–H and O–H groups in total. The van der Waals surface area contributed by atoms with E-state index >= 15 is 0 Å². The highest BCUT2D eigenvalue weighted by Gasteiger charge is 2.17. The van der Waals surface area contributed by atoms with Crippen molar-refractivity contribution in [2.75, 3.05) is 0 Å². The van der Waals surface area contributed by atoms with Gasteiger partial charge in [-0.3, -0.25) is 0 Å². The molecule has 0 saturated carbocycles. The Labute approximate surface area is 101 Å². The van der Waals surface area contributed by atoms with Crippen LogP contribution in [0.5, 0.6) is 0 Å². The lowest BCUT2D eigenvalue weighted by Crippen LogP contribution is -2.13. The van der Waals surface area contributed by atoms with Gasteiger partial charge >= 0.3 is 0 Å². The number of hydrogen-bond donors (Lipinski definition) is 0. The Kier molecular flexibility index (Phi) is 3.62. The molecule has 1 rings (SSSR count). The molecule has 0 aliphatic rings. The smallest absolute Gasteiger partial charge is 0.0165 e. The number of benzene rings is 1. The molecule has 0 aliphatic carbocycles. The Morgan fingerprint density at radius 2 is 1.79 bits per heavy atom. The first-order valence-electron chi connectivity index (χ1n) is 5.15. The predicted octanol–water partition coefficient (Wildman–Crippen LogP) is 4.46. The monoisotopic (exact) mass is 302 g/mol. The lowest BCUT2D eigenvalue weighted by molar-refractivity contribution is 0.585. The van der Waals surface area contributed by atoms with Crippen molar-refractivity contribution < 1.29 is 0 Å². The Morgan fingerprint density at radius 3 is 2.21 bits per heavy atom. The second kappa shape index (κ2) is 4.21. The first-order chi connectivity index (χ1) is 6.36. The van der Waals surface area contributed by atoms with E-state index < -0.39 is 0 Å². The SMILES string of the molecule is CCc1cc(C)c(C(C)(C)C)cc1I. The van der Waals surface area contributed by atoms with Crippen molar-refractivity contribution in [3.05, 3.63) is 32.4 Å². The number of aryl methyl sites for hydroxylation is 2. The van der Waals surface area contributed by atoms with E-state index in [4.69, 9.17) is 0 Å². The van der Waals surface area contributed by atoms with Gasteiger partial charge in [0, 0.05) is 3.57 Å². The van der Waals surface area contributed by atoms with Crippen molar-refractivity contribution in [1.82, 2.24) is 0 Å². The summed E-state index contributed by atoms with van der Waals surface area (Å²) in [5, 5.41) is 0. The molecule has 14 heavy (non-hydrogen) atoms. The molecule has 0 fully saturated rings. The average Bonchev–Trinajstić information content (AvgIpc) is 2.06. The van der Waals surface area contributed by atoms with E-state index in [1.54, 1.807) is 0 Å². The number of halogens is 1. The summed E-state index contributed by atoms with van der Waals surface area (Å²) in [6, 6.07) is 4.68. The molecule has 1 aromatic rings. The van der Waals surface area contributed by atoms with Crippen molar-refractivity contribution in [2.24, 2.45) is 0 Å². The van der Waals surface area contributed by atoms with E-state index in [9.17, 15) is 0 Å². The summed E-state index contributed by atoms with van der Waals surface area (Å²) in [5.41, 5.74) is 4.63. The van der Waals surface area contributed by atoms with Gasteiger partial charge in [-0.05, 0) is 64.1 Å². The van der Waals surface area contributed by atoms with E-state index in [0.29, 0.717) is 0 Å². The Bertz CT molecular complexity index is 332. The van der Waals surface area contributed by atoms with E-state index in [1.807, 2.05) is 0 Å². The van der Waals surface area contributed by atoms with Crippen LogP contribution in [0.3, 0.4) is 0 Å². The van der Waals surface area contributed by atoms with Gasteiger partial charge in [-0.2, -0.15) is 0 Å². The van der Waals surface area contributed by atoms with Gasteiger partial charge in [0.15, 0.2) is 0 Å². The van der Waals surface area contributed by atoms with E-state index in [0.717, 1.165) is 6.42 Å². The average molecular weight is 302 g/mol. The fraction of sp³-hybridized carbons (Fsp3) is 0.538. The molecule has 0 aromatic heterocycles. The zero-order chi connectivity index (χ0) is 10.9. The molecule has 78 valence electrons. The molecule has 1 aromatic carbocycles. The van der Waals surface area contributed by atoms with Crippen LogP contribution in [0, 0.1) is 10.5 Å². The normalized spacial score (nSPS) is 11.9. The molecule has 1 heteroatoms. The van der Waals surface area contributed by atoms with Crippen LogP contribution < -0.4 is 0 Å². The van der Waals surface area contributed by atoms with Crippen LogP contribution in [0.1, 0.15) is 44.4 Å². The van der Waals surface area contributed by atoms with Gasteiger partial charge in [-0.1, -0.05) is 33.8 Å². The molecule has 0 aliphatic heterocycles. The maximum atomic E-state index is 2.44. The predicted molar refractivity (Wildman–Crippen MR) is 72.0 cm³/mol. The Morgan fingerprint density at radius 1 is 1.21 bits per heavy atom. The van der Waals surface area contributed by atoms with Gasteiger partial charge in [0.1, 0.15) is 0 Å². The molecule has 0 unspecified atom stereocenters. The quantitative estimate of drug-likeness (QED) is 0.672. The van der Waals surface area contributed by atoms with Crippen LogP contribution in [-0.4, -0.2) is 0 Å². The molecule has 0 saturated heterocycles. The topological polar surface area (TPSA) is 0 Å². The fourth-order valence-corrected chi connectivity index (χ4v) is 2.67. The van der Waals surface area contributed by atoms with Gasteiger partial charge < -0.3 is 0 Å². The van der Waals surface area contributed by atoms with Gasteiger partial charge in [-0.15, -0.1) is 0 Å². The Hall–Kier alpha value is -0.0500. The minimum absolute atomic E-state index is 0.260. The highest BCUT2D eigenvalue weighted by atomic mass is 127. The summed E-state index contributed by atoms with van der Waals surface area (Å²) in [4.78, 5) is 0. The van der Waals surface area contributed by atoms with Crippen LogP contribution in [0.25, 0.3) is 0 Å². The third kappa shape index (κ3) is 2.50. The molecule has 0 amide bonds. The molecular formula is C13H19I. The first kappa shape index (κ1) is 12.0. The molecular weight excluding hydrogens is 283 g/mol. The van der Waals surface area contributed by atoms with E-state index in [1.165, 1.54) is 20.3 Å². The summed E-state index contributed by atoms with van der Waals surface area (Å²) >= 11 is 2.44. The maximum Gasteiger partial charge on any atom is 0.0165 e. The summed E-state index contributed by atoms with van der Waals surface area (Å²) in [6.45, 7) is 11.3. The van der Waals surface area contributed by atoms with Crippen LogP contribution in [-0.2, 0) is 11.8 Å². The zero-order valence-electron chi connectivity index (χ0n) is 9.74.